The summed E-state index contributed by atoms with van der Waals surface area (Å²) in [4.78, 5) is 19.1. The lowest BCUT2D eigenvalue weighted by Crippen LogP contribution is -2.57. The molecule has 0 radical (unpaired) electrons. The van der Waals surface area contributed by atoms with E-state index in [1.807, 2.05) is 23.1 Å². The van der Waals surface area contributed by atoms with E-state index in [9.17, 15) is 9.90 Å². The summed E-state index contributed by atoms with van der Waals surface area (Å²) in [5, 5.41) is 10.0. The molecule has 1 N–H and O–H groups in total. The van der Waals surface area contributed by atoms with Crippen molar-refractivity contribution < 1.29 is 14.6 Å². The molecule has 1 aromatic carbocycles. The lowest BCUT2D eigenvalue weighted by atomic mass is 10.00. The van der Waals surface area contributed by atoms with E-state index in [4.69, 9.17) is 4.74 Å². The molecular weight excluding hydrogens is 330 g/mol. The number of hydrogen-bond donors (Lipinski definition) is 1. The van der Waals surface area contributed by atoms with Gasteiger partial charge in [0.05, 0.1) is 12.8 Å². The third kappa shape index (κ3) is 4.13. The minimum atomic E-state index is -1.29. The molecule has 1 aromatic rings. The number of ether oxygens (including phenoxy) is 1. The summed E-state index contributed by atoms with van der Waals surface area (Å²) >= 11 is 0. The lowest BCUT2D eigenvalue weighted by molar-refractivity contribution is -0.150. The molecule has 6 nitrogen and oxygen atoms in total. The highest BCUT2D eigenvalue weighted by Gasteiger charge is 2.35. The number of para-hydroxylation sites is 2. The summed E-state index contributed by atoms with van der Waals surface area (Å²) in [6.07, 6.45) is 2.11. The van der Waals surface area contributed by atoms with Crippen LogP contribution >= 0.6 is 0 Å². The van der Waals surface area contributed by atoms with Crippen LogP contribution in [0.15, 0.2) is 24.3 Å². The van der Waals surface area contributed by atoms with Crippen LogP contribution in [0.1, 0.15) is 26.7 Å². The van der Waals surface area contributed by atoms with E-state index >= 15 is 0 Å². The molecule has 3 rings (SSSR count). The fourth-order valence-corrected chi connectivity index (χ4v) is 4.04. The number of aliphatic hydroxyl groups is 1. The van der Waals surface area contributed by atoms with Crippen LogP contribution in [0, 0.1) is 0 Å². The number of hydrogen-bond acceptors (Lipinski definition) is 5. The molecule has 0 unspecified atom stereocenters. The van der Waals surface area contributed by atoms with Gasteiger partial charge in [0, 0.05) is 45.3 Å². The molecule has 1 atom stereocenters. The molecule has 144 valence electrons. The minimum absolute atomic E-state index is 0.158. The maximum atomic E-state index is 12.4. The van der Waals surface area contributed by atoms with Gasteiger partial charge in [0.25, 0.3) is 5.91 Å². The number of nitrogens with zero attached hydrogens (tertiary/aromatic N) is 3. The summed E-state index contributed by atoms with van der Waals surface area (Å²) in [7, 11) is 1.71. The Kier molecular flexibility index (Phi) is 5.73. The van der Waals surface area contributed by atoms with Crippen molar-refractivity contribution >= 4 is 11.6 Å². The molecule has 26 heavy (non-hydrogen) atoms. The number of anilines is 1. The van der Waals surface area contributed by atoms with Crippen LogP contribution in [0.3, 0.4) is 0 Å². The molecule has 0 spiro atoms. The van der Waals surface area contributed by atoms with Gasteiger partial charge in [0.15, 0.2) is 0 Å². The average Bonchev–Trinajstić information content (AvgIpc) is 2.67. The molecule has 0 saturated carbocycles. The van der Waals surface area contributed by atoms with Crippen molar-refractivity contribution in [3.63, 3.8) is 0 Å². The molecule has 2 heterocycles. The SMILES string of the molecule is COc1ccccc1N1CCN([C@@H]2CCCN(C(=O)C(C)(C)O)C2)CC1. The van der Waals surface area contributed by atoms with E-state index in [1.165, 1.54) is 0 Å². The Morgan fingerprint density at radius 1 is 1.15 bits per heavy atom. The van der Waals surface area contributed by atoms with Crippen LogP contribution < -0.4 is 9.64 Å². The summed E-state index contributed by atoms with van der Waals surface area (Å²) < 4.78 is 5.49. The first-order valence-electron chi connectivity index (χ1n) is 9.54. The number of piperazine rings is 1. The number of rotatable bonds is 4. The zero-order valence-electron chi connectivity index (χ0n) is 16.1. The smallest absolute Gasteiger partial charge is 0.254 e. The maximum Gasteiger partial charge on any atom is 0.254 e. The van der Waals surface area contributed by atoms with Gasteiger partial charge in [0.2, 0.25) is 0 Å². The second-order valence-corrected chi connectivity index (χ2v) is 7.80. The Hall–Kier alpha value is -1.79. The van der Waals surface area contributed by atoms with Crippen molar-refractivity contribution in [3.05, 3.63) is 24.3 Å². The number of piperidine rings is 1. The first-order chi connectivity index (χ1) is 12.4. The molecule has 6 heteroatoms. The van der Waals surface area contributed by atoms with E-state index in [0.29, 0.717) is 6.04 Å². The van der Waals surface area contributed by atoms with Crippen molar-refractivity contribution in [3.8, 4) is 5.75 Å². The van der Waals surface area contributed by atoms with Gasteiger partial charge in [-0.05, 0) is 38.8 Å². The van der Waals surface area contributed by atoms with Crippen LogP contribution in [0.2, 0.25) is 0 Å². The second-order valence-electron chi connectivity index (χ2n) is 7.80. The Bertz CT molecular complexity index is 621. The van der Waals surface area contributed by atoms with Gasteiger partial charge in [-0.2, -0.15) is 0 Å². The van der Waals surface area contributed by atoms with E-state index in [1.54, 1.807) is 21.0 Å². The van der Waals surface area contributed by atoms with Crippen LogP contribution in [0.5, 0.6) is 5.75 Å². The van der Waals surface area contributed by atoms with Crippen molar-refractivity contribution in [1.82, 2.24) is 9.80 Å². The number of amides is 1. The minimum Gasteiger partial charge on any atom is -0.495 e. The van der Waals surface area contributed by atoms with E-state index in [0.717, 1.165) is 63.5 Å². The highest BCUT2D eigenvalue weighted by atomic mass is 16.5. The summed E-state index contributed by atoms with van der Waals surface area (Å²) in [6.45, 7) is 8.49. The molecular formula is C20H31N3O3. The predicted molar refractivity (Wildman–Crippen MR) is 103 cm³/mol. The first kappa shape index (κ1) is 19.0. The van der Waals surface area contributed by atoms with Crippen molar-refractivity contribution in [1.29, 1.82) is 0 Å². The Morgan fingerprint density at radius 3 is 2.50 bits per heavy atom. The summed E-state index contributed by atoms with van der Waals surface area (Å²) in [5.74, 6) is 0.760. The normalized spacial score (nSPS) is 22.4. The Balaban J connectivity index is 1.58. The second kappa shape index (κ2) is 7.84. The van der Waals surface area contributed by atoms with Crippen LogP contribution in [-0.2, 0) is 4.79 Å². The van der Waals surface area contributed by atoms with Crippen molar-refractivity contribution in [2.24, 2.45) is 0 Å². The van der Waals surface area contributed by atoms with Crippen molar-refractivity contribution in [2.45, 2.75) is 38.3 Å². The van der Waals surface area contributed by atoms with Gasteiger partial charge in [-0.3, -0.25) is 9.69 Å². The first-order valence-corrected chi connectivity index (χ1v) is 9.54. The highest BCUT2D eigenvalue weighted by molar-refractivity contribution is 5.84. The predicted octanol–water partition coefficient (Wildman–Crippen LogP) is 1.58. The average molecular weight is 361 g/mol. The molecule has 2 aliphatic rings. The zero-order valence-corrected chi connectivity index (χ0v) is 16.1. The molecule has 1 amide bonds. The third-order valence-electron chi connectivity index (χ3n) is 5.46. The zero-order chi connectivity index (χ0) is 18.7. The highest BCUT2D eigenvalue weighted by Crippen LogP contribution is 2.29. The lowest BCUT2D eigenvalue weighted by Gasteiger charge is -2.44. The molecule has 2 fully saturated rings. The Labute approximate surface area is 156 Å². The molecule has 0 aliphatic carbocycles. The van der Waals surface area contributed by atoms with E-state index < -0.39 is 5.60 Å². The third-order valence-corrected chi connectivity index (χ3v) is 5.46. The number of carbonyl (C=O) groups excluding carboxylic acids is 1. The van der Waals surface area contributed by atoms with Crippen LogP contribution in [-0.4, -0.2) is 78.8 Å². The molecule has 0 aromatic heterocycles. The fraction of sp³-hybridized carbons (Fsp3) is 0.650. The number of benzene rings is 1. The monoisotopic (exact) mass is 361 g/mol. The standard InChI is InChI=1S/C20H31N3O3/c1-20(2,25)19(24)23-10-6-7-16(15-23)21-11-13-22(14-12-21)17-8-4-5-9-18(17)26-3/h4-5,8-9,16,25H,6-7,10-15H2,1-3H3/t16-/m1/s1. The molecule has 2 saturated heterocycles. The van der Waals surface area contributed by atoms with Gasteiger partial charge in [-0.15, -0.1) is 0 Å². The topological polar surface area (TPSA) is 56.2 Å². The largest absolute Gasteiger partial charge is 0.495 e. The van der Waals surface area contributed by atoms with E-state index in [2.05, 4.69) is 15.9 Å². The number of methoxy groups -OCH3 is 1. The Morgan fingerprint density at radius 2 is 1.85 bits per heavy atom. The molecule has 2 aliphatic heterocycles. The van der Waals surface area contributed by atoms with E-state index in [-0.39, 0.29) is 5.91 Å². The number of carbonyl (C=O) groups is 1. The summed E-state index contributed by atoms with van der Waals surface area (Å²) in [6, 6.07) is 8.54. The number of likely N-dealkylation sites (tertiary alicyclic amines) is 1. The van der Waals surface area contributed by atoms with Crippen LogP contribution in [0.4, 0.5) is 5.69 Å². The van der Waals surface area contributed by atoms with Crippen LogP contribution in [0.25, 0.3) is 0 Å². The summed E-state index contributed by atoms with van der Waals surface area (Å²) in [5.41, 5.74) is -0.137. The van der Waals surface area contributed by atoms with Gasteiger partial charge in [-0.1, -0.05) is 12.1 Å². The van der Waals surface area contributed by atoms with Gasteiger partial charge < -0.3 is 19.6 Å². The van der Waals surface area contributed by atoms with Gasteiger partial charge >= 0.3 is 0 Å². The maximum absolute atomic E-state index is 12.4. The fourth-order valence-electron chi connectivity index (χ4n) is 4.04. The quantitative estimate of drug-likeness (QED) is 0.882. The molecule has 0 bridgehead atoms. The van der Waals surface area contributed by atoms with Gasteiger partial charge in [0.1, 0.15) is 11.4 Å². The van der Waals surface area contributed by atoms with Gasteiger partial charge in [-0.25, -0.2) is 0 Å². The van der Waals surface area contributed by atoms with Crippen molar-refractivity contribution in [2.75, 3.05) is 51.3 Å².